The number of nitrogens with two attached hydrogens (primary N) is 1. The number of nitrogens with one attached hydrogen (secondary N) is 2. The van der Waals surface area contributed by atoms with Crippen molar-refractivity contribution in [2.75, 3.05) is 0 Å². The lowest BCUT2D eigenvalue weighted by Gasteiger charge is -2.05. The van der Waals surface area contributed by atoms with Gasteiger partial charge in [0.25, 0.3) is 5.56 Å². The van der Waals surface area contributed by atoms with Crippen molar-refractivity contribution in [2.45, 2.75) is 33.6 Å². The number of aryl methyl sites for hydroxylation is 2. The number of aromatic amines is 1. The van der Waals surface area contributed by atoms with Crippen LogP contribution in [0.15, 0.2) is 10.9 Å². The lowest BCUT2D eigenvalue weighted by Crippen LogP contribution is -2.30. The summed E-state index contributed by atoms with van der Waals surface area (Å²) in [4.78, 5) is 29.7. The van der Waals surface area contributed by atoms with Crippen LogP contribution in [0.5, 0.6) is 0 Å². The van der Waals surface area contributed by atoms with Crippen molar-refractivity contribution < 1.29 is 4.79 Å². The second-order valence-corrected chi connectivity index (χ2v) is 4.84. The van der Waals surface area contributed by atoms with E-state index in [2.05, 4.69) is 20.5 Å². The van der Waals surface area contributed by atoms with Crippen LogP contribution in [-0.4, -0.2) is 25.7 Å². The van der Waals surface area contributed by atoms with Crippen LogP contribution in [0.25, 0.3) is 5.95 Å². The number of hydrogen-bond donors (Lipinski definition) is 3. The average Bonchev–Trinajstić information content (AvgIpc) is 2.70. The third-order valence-corrected chi connectivity index (χ3v) is 3.26. The quantitative estimate of drug-likeness (QED) is 0.409. The first-order valence-corrected chi connectivity index (χ1v) is 6.55. The molecule has 0 fully saturated rings. The van der Waals surface area contributed by atoms with Crippen molar-refractivity contribution in [1.29, 1.82) is 0 Å². The Morgan fingerprint density at radius 1 is 1.43 bits per heavy atom. The molecule has 2 rings (SSSR count). The van der Waals surface area contributed by atoms with E-state index in [-0.39, 0.29) is 17.9 Å². The maximum atomic E-state index is 11.5. The van der Waals surface area contributed by atoms with Crippen molar-refractivity contribution in [3.8, 4) is 5.95 Å². The Labute approximate surface area is 121 Å². The fourth-order valence-corrected chi connectivity index (χ4v) is 2.22. The van der Waals surface area contributed by atoms with E-state index in [0.29, 0.717) is 18.1 Å². The van der Waals surface area contributed by atoms with E-state index in [1.54, 1.807) is 11.6 Å². The van der Waals surface area contributed by atoms with E-state index in [1.807, 2.05) is 13.8 Å². The third-order valence-electron chi connectivity index (χ3n) is 3.26. The van der Waals surface area contributed by atoms with Crippen molar-refractivity contribution in [1.82, 2.24) is 25.2 Å². The lowest BCUT2D eigenvalue weighted by atomic mass is 10.1. The molecule has 4 N–H and O–H groups in total. The summed E-state index contributed by atoms with van der Waals surface area (Å²) in [5.74, 6) is 5.21. The molecule has 8 nitrogen and oxygen atoms in total. The molecule has 0 unspecified atom stereocenters. The van der Waals surface area contributed by atoms with Crippen LogP contribution in [0.4, 0.5) is 0 Å². The SMILES string of the molecule is Cc1cc(=O)[nH]c(-n2nc(C)c(CCC(=O)NN)c2C)n1. The Hall–Kier alpha value is -2.48. The highest BCUT2D eigenvalue weighted by Gasteiger charge is 2.15. The fraction of sp³-hybridized carbons (Fsp3) is 0.385. The van der Waals surface area contributed by atoms with Gasteiger partial charge in [-0.2, -0.15) is 5.10 Å². The zero-order chi connectivity index (χ0) is 15.6. The van der Waals surface area contributed by atoms with Gasteiger partial charge in [-0.3, -0.25) is 20.0 Å². The van der Waals surface area contributed by atoms with Crippen LogP contribution >= 0.6 is 0 Å². The minimum absolute atomic E-state index is 0.228. The van der Waals surface area contributed by atoms with Crippen LogP contribution in [0.2, 0.25) is 0 Å². The van der Waals surface area contributed by atoms with E-state index in [1.165, 1.54) is 6.07 Å². The molecule has 0 saturated carbocycles. The highest BCUT2D eigenvalue weighted by atomic mass is 16.2. The molecule has 2 heterocycles. The van der Waals surface area contributed by atoms with Gasteiger partial charge in [-0.15, -0.1) is 0 Å². The van der Waals surface area contributed by atoms with E-state index in [9.17, 15) is 9.59 Å². The summed E-state index contributed by atoms with van der Waals surface area (Å²) in [6.07, 6.45) is 0.804. The molecule has 8 heteroatoms. The number of hydrogen-bond acceptors (Lipinski definition) is 5. The predicted molar refractivity (Wildman–Crippen MR) is 76.8 cm³/mol. The summed E-state index contributed by atoms with van der Waals surface area (Å²) in [5.41, 5.74) is 5.07. The Kier molecular flexibility index (Phi) is 4.18. The summed E-state index contributed by atoms with van der Waals surface area (Å²) in [6, 6.07) is 1.42. The number of hydrazine groups is 1. The molecule has 21 heavy (non-hydrogen) atoms. The normalized spacial score (nSPS) is 10.7. The summed E-state index contributed by atoms with van der Waals surface area (Å²) in [6.45, 7) is 5.47. The highest BCUT2D eigenvalue weighted by molar-refractivity contribution is 5.75. The minimum Gasteiger partial charge on any atom is -0.294 e. The number of amides is 1. The zero-order valence-corrected chi connectivity index (χ0v) is 12.2. The molecule has 0 saturated heterocycles. The Balaban J connectivity index is 2.38. The van der Waals surface area contributed by atoms with Gasteiger partial charge in [-0.25, -0.2) is 15.5 Å². The summed E-state index contributed by atoms with van der Waals surface area (Å²) >= 11 is 0. The molecular weight excluding hydrogens is 272 g/mol. The van der Waals surface area contributed by atoms with Crippen LogP contribution in [0, 0.1) is 20.8 Å². The molecule has 0 aromatic carbocycles. The lowest BCUT2D eigenvalue weighted by molar-refractivity contribution is -0.121. The summed E-state index contributed by atoms with van der Waals surface area (Å²) in [5, 5.41) is 4.39. The molecule has 0 aliphatic carbocycles. The molecule has 0 aliphatic rings. The molecule has 2 aromatic heterocycles. The van der Waals surface area contributed by atoms with Crippen LogP contribution in [0.1, 0.15) is 29.1 Å². The van der Waals surface area contributed by atoms with Gasteiger partial charge >= 0.3 is 0 Å². The van der Waals surface area contributed by atoms with E-state index < -0.39 is 0 Å². The molecule has 0 radical (unpaired) electrons. The van der Waals surface area contributed by atoms with E-state index in [0.717, 1.165) is 17.0 Å². The van der Waals surface area contributed by atoms with Crippen LogP contribution in [-0.2, 0) is 11.2 Å². The van der Waals surface area contributed by atoms with Gasteiger partial charge in [-0.05, 0) is 32.8 Å². The monoisotopic (exact) mass is 290 g/mol. The van der Waals surface area contributed by atoms with Crippen LogP contribution in [0.3, 0.4) is 0 Å². The van der Waals surface area contributed by atoms with Crippen molar-refractivity contribution >= 4 is 5.91 Å². The number of carbonyl (C=O) groups excluding carboxylic acids is 1. The highest BCUT2D eigenvalue weighted by Crippen LogP contribution is 2.17. The van der Waals surface area contributed by atoms with Gasteiger partial charge in [-0.1, -0.05) is 0 Å². The molecule has 2 aromatic rings. The van der Waals surface area contributed by atoms with E-state index >= 15 is 0 Å². The number of carbonyl (C=O) groups is 1. The molecule has 0 bridgehead atoms. The average molecular weight is 290 g/mol. The molecule has 0 atom stereocenters. The number of rotatable bonds is 4. The van der Waals surface area contributed by atoms with Crippen molar-refractivity contribution in [3.05, 3.63) is 39.1 Å². The number of nitrogens with zero attached hydrogens (tertiary/aromatic N) is 3. The van der Waals surface area contributed by atoms with Crippen LogP contribution < -0.4 is 16.8 Å². The topological polar surface area (TPSA) is 119 Å². The van der Waals surface area contributed by atoms with Gasteiger partial charge in [0.2, 0.25) is 11.9 Å². The second kappa shape index (κ2) is 5.88. The molecular formula is C13H18N6O2. The van der Waals surface area contributed by atoms with Gasteiger partial charge in [0, 0.05) is 23.9 Å². The third kappa shape index (κ3) is 3.16. The van der Waals surface area contributed by atoms with E-state index in [4.69, 9.17) is 5.84 Å². The Bertz CT molecular complexity index is 731. The van der Waals surface area contributed by atoms with Crippen molar-refractivity contribution in [2.24, 2.45) is 5.84 Å². The first-order valence-electron chi connectivity index (χ1n) is 6.55. The minimum atomic E-state index is -0.233. The zero-order valence-electron chi connectivity index (χ0n) is 12.2. The maximum absolute atomic E-state index is 11.5. The fourth-order valence-electron chi connectivity index (χ4n) is 2.22. The van der Waals surface area contributed by atoms with Gasteiger partial charge < -0.3 is 0 Å². The van der Waals surface area contributed by atoms with Gasteiger partial charge in [0.15, 0.2) is 0 Å². The largest absolute Gasteiger partial charge is 0.294 e. The second-order valence-electron chi connectivity index (χ2n) is 4.84. The predicted octanol–water partition coefficient (Wildman–Crippen LogP) is -0.197. The Morgan fingerprint density at radius 2 is 2.14 bits per heavy atom. The smallest absolute Gasteiger partial charge is 0.252 e. The number of aromatic nitrogens is 4. The summed E-state index contributed by atoms with van der Waals surface area (Å²) in [7, 11) is 0. The Morgan fingerprint density at radius 3 is 2.76 bits per heavy atom. The summed E-state index contributed by atoms with van der Waals surface area (Å²) < 4.78 is 1.58. The van der Waals surface area contributed by atoms with Crippen molar-refractivity contribution in [3.63, 3.8) is 0 Å². The maximum Gasteiger partial charge on any atom is 0.252 e. The van der Waals surface area contributed by atoms with Gasteiger partial charge in [0.05, 0.1) is 5.69 Å². The first-order chi connectivity index (χ1) is 9.92. The van der Waals surface area contributed by atoms with Gasteiger partial charge in [0.1, 0.15) is 0 Å². The molecule has 1 amide bonds. The molecule has 112 valence electrons. The molecule has 0 spiro atoms. The molecule has 0 aliphatic heterocycles. The number of H-pyrrole nitrogens is 1. The first kappa shape index (κ1) is 14.9. The standard InChI is InChI=1S/C13H18N6O2/c1-7-6-12(21)16-13(15-7)19-9(3)10(8(2)18-19)4-5-11(20)17-14/h6H,4-5,14H2,1-3H3,(H,17,20)(H,15,16,21).